The monoisotopic (exact) mass is 361 g/mol. The molecule has 0 radical (unpaired) electrons. The number of rotatable bonds is 8. The van der Waals surface area contributed by atoms with Crippen molar-refractivity contribution in [2.45, 2.75) is 19.9 Å². The first kappa shape index (κ1) is 19.1. The lowest BCUT2D eigenvalue weighted by Crippen LogP contribution is -2.31. The summed E-state index contributed by atoms with van der Waals surface area (Å²) in [4.78, 5) is 23.4. The molecule has 6 nitrogen and oxygen atoms in total. The van der Waals surface area contributed by atoms with Gasteiger partial charge in [-0.1, -0.05) is 6.07 Å². The molecule has 0 bridgehead atoms. The average molecular weight is 362 g/mol. The van der Waals surface area contributed by atoms with E-state index in [-0.39, 0.29) is 5.56 Å². The Morgan fingerprint density at radius 3 is 2.56 bits per heavy atom. The number of aromatic nitrogens is 1. The van der Waals surface area contributed by atoms with Crippen molar-refractivity contribution < 1.29 is 9.53 Å². The van der Waals surface area contributed by atoms with E-state index >= 15 is 0 Å². The van der Waals surface area contributed by atoms with Crippen LogP contribution in [0.15, 0.2) is 35.3 Å². The minimum Gasteiger partial charge on any atom is -0.492 e. The van der Waals surface area contributed by atoms with Crippen LogP contribution in [-0.4, -0.2) is 38.8 Å². The molecular weight excluding hydrogens is 334 g/mol. The third kappa shape index (κ3) is 4.43. The lowest BCUT2D eigenvalue weighted by Gasteiger charge is -2.21. The van der Waals surface area contributed by atoms with Crippen LogP contribution < -0.4 is 20.9 Å². The number of anilines is 2. The molecule has 2 rings (SSSR count). The second-order valence-corrected chi connectivity index (χ2v) is 7.03. The van der Waals surface area contributed by atoms with Crippen molar-refractivity contribution in [3.63, 3.8) is 0 Å². The molecule has 0 aliphatic heterocycles. The van der Waals surface area contributed by atoms with Crippen molar-refractivity contribution in [1.29, 1.82) is 0 Å². The zero-order valence-corrected chi connectivity index (χ0v) is 16.6. The molecule has 25 heavy (non-hydrogen) atoms. The zero-order valence-electron chi connectivity index (χ0n) is 15.2. The molecule has 136 valence electrons. The fourth-order valence-corrected chi connectivity index (χ4v) is 3.02. The second kappa shape index (κ2) is 8.73. The number of nitrogen functional groups attached to an aromatic ring is 1. The number of ether oxygens (including phenoxy) is 1. The van der Waals surface area contributed by atoms with Crippen molar-refractivity contribution in [3.05, 3.63) is 40.8 Å². The van der Waals surface area contributed by atoms with Crippen LogP contribution in [0.3, 0.4) is 0 Å². The molecule has 0 saturated heterocycles. The van der Waals surface area contributed by atoms with E-state index in [0.29, 0.717) is 29.8 Å². The summed E-state index contributed by atoms with van der Waals surface area (Å²) >= 11 is 0. The molecule has 0 aliphatic carbocycles. The van der Waals surface area contributed by atoms with Gasteiger partial charge in [0.05, 0.1) is 12.3 Å². The Morgan fingerprint density at radius 1 is 1.24 bits per heavy atom. The van der Waals surface area contributed by atoms with Gasteiger partial charge in [-0.05, 0) is 43.7 Å². The predicted molar refractivity (Wildman–Crippen MR) is 106 cm³/mol. The smallest absolute Gasteiger partial charge is 0.273 e. The largest absolute Gasteiger partial charge is 0.492 e. The number of hydrogen-bond donors (Lipinski definition) is 2. The van der Waals surface area contributed by atoms with Crippen molar-refractivity contribution in [3.8, 4) is 16.9 Å². The van der Waals surface area contributed by atoms with Gasteiger partial charge in [-0.15, -0.1) is 0 Å². The van der Waals surface area contributed by atoms with Crippen molar-refractivity contribution in [1.82, 2.24) is 4.57 Å². The normalized spacial score (nSPS) is 11.2. The van der Waals surface area contributed by atoms with Gasteiger partial charge in [0.15, 0.2) is 9.76 Å². The third-order valence-electron chi connectivity index (χ3n) is 4.17. The Hall–Kier alpha value is -2.25. The van der Waals surface area contributed by atoms with Crippen LogP contribution >= 0.6 is 0 Å². The average Bonchev–Trinajstić information content (AvgIpc) is 2.61. The number of nitrogens with zero attached hydrogens (tertiary/aromatic N) is 2. The van der Waals surface area contributed by atoms with Gasteiger partial charge >= 0.3 is 0 Å². The lowest BCUT2D eigenvalue weighted by molar-refractivity contribution is 0.338. The topological polar surface area (TPSA) is 80.7 Å². The van der Waals surface area contributed by atoms with Crippen LogP contribution in [0.5, 0.6) is 5.75 Å². The standard InChI is InChI=1S/C18H27N3O3Si/c1-4-21(5-2)16-11-14(12-20(3)18(16)22)13-6-7-17(15(19)10-13)24-8-9-25-23/h6-7,10-12,23H,4-5,8-9,19,25H2,1-3H3. The molecule has 1 aromatic heterocycles. The molecule has 0 amide bonds. The Labute approximate surface area is 150 Å². The molecule has 2 aromatic rings. The van der Waals surface area contributed by atoms with Gasteiger partial charge in [0.2, 0.25) is 0 Å². The first-order valence-electron chi connectivity index (χ1n) is 8.61. The third-order valence-corrected chi connectivity index (χ3v) is 4.78. The molecule has 0 atom stereocenters. The number of nitrogens with two attached hydrogens (primary N) is 1. The number of hydrogen-bond acceptors (Lipinski definition) is 5. The summed E-state index contributed by atoms with van der Waals surface area (Å²) in [7, 11) is 0.770. The van der Waals surface area contributed by atoms with Crippen LogP contribution in [-0.2, 0) is 7.05 Å². The molecule has 1 aromatic carbocycles. The van der Waals surface area contributed by atoms with E-state index in [9.17, 15) is 4.79 Å². The zero-order chi connectivity index (χ0) is 18.4. The quantitative estimate of drug-likeness (QED) is 0.421. The first-order valence-corrected chi connectivity index (χ1v) is 10.2. The number of benzene rings is 1. The molecular formula is C18H27N3O3Si. The molecule has 0 aliphatic rings. The highest BCUT2D eigenvalue weighted by molar-refractivity contribution is 6.25. The number of aryl methyl sites for hydroxylation is 1. The highest BCUT2D eigenvalue weighted by atomic mass is 28.2. The maximum atomic E-state index is 12.4. The van der Waals surface area contributed by atoms with Gasteiger partial charge in [-0.25, -0.2) is 0 Å². The van der Waals surface area contributed by atoms with Crippen molar-refractivity contribution in [2.75, 3.05) is 30.3 Å². The van der Waals surface area contributed by atoms with Gasteiger partial charge in [0.25, 0.3) is 5.56 Å². The molecule has 3 N–H and O–H groups in total. The van der Waals surface area contributed by atoms with E-state index in [1.807, 2.05) is 49.2 Å². The maximum absolute atomic E-state index is 12.4. The SMILES string of the molecule is CCN(CC)c1cc(-c2ccc(OCC[SiH2]O)c(N)c2)cn(C)c1=O. The van der Waals surface area contributed by atoms with Gasteiger partial charge in [0.1, 0.15) is 11.4 Å². The fraction of sp³-hybridized carbons (Fsp3) is 0.389. The molecule has 0 saturated carbocycles. The second-order valence-electron chi connectivity index (χ2n) is 5.88. The Balaban J connectivity index is 2.38. The maximum Gasteiger partial charge on any atom is 0.273 e. The highest BCUT2D eigenvalue weighted by Crippen LogP contribution is 2.29. The van der Waals surface area contributed by atoms with E-state index in [4.69, 9.17) is 15.3 Å². The van der Waals surface area contributed by atoms with Crippen LogP contribution in [0.2, 0.25) is 6.04 Å². The van der Waals surface area contributed by atoms with Gasteiger partial charge in [-0.2, -0.15) is 0 Å². The van der Waals surface area contributed by atoms with E-state index in [0.717, 1.165) is 24.2 Å². The summed E-state index contributed by atoms with van der Waals surface area (Å²) in [6.45, 7) is 6.11. The minimum absolute atomic E-state index is 0.00598. The lowest BCUT2D eigenvalue weighted by atomic mass is 10.1. The minimum atomic E-state index is -0.992. The van der Waals surface area contributed by atoms with Gasteiger partial charge in [0, 0.05) is 31.9 Å². The molecule has 1 heterocycles. The molecule has 7 heteroatoms. The summed E-state index contributed by atoms with van der Waals surface area (Å²) in [6, 6.07) is 8.26. The summed E-state index contributed by atoms with van der Waals surface area (Å²) in [6.07, 6.45) is 1.82. The molecule has 0 fully saturated rings. The van der Waals surface area contributed by atoms with Gasteiger partial charge in [-0.3, -0.25) is 4.79 Å². The Morgan fingerprint density at radius 2 is 1.96 bits per heavy atom. The van der Waals surface area contributed by atoms with Crippen LogP contribution in [0, 0.1) is 0 Å². The van der Waals surface area contributed by atoms with E-state index in [1.54, 1.807) is 11.6 Å². The van der Waals surface area contributed by atoms with Crippen LogP contribution in [0.25, 0.3) is 11.1 Å². The van der Waals surface area contributed by atoms with E-state index in [2.05, 4.69) is 0 Å². The Kier molecular flexibility index (Phi) is 6.66. The highest BCUT2D eigenvalue weighted by Gasteiger charge is 2.12. The summed E-state index contributed by atoms with van der Waals surface area (Å²) in [5.74, 6) is 0.625. The van der Waals surface area contributed by atoms with Crippen molar-refractivity contribution >= 4 is 21.1 Å². The van der Waals surface area contributed by atoms with Crippen LogP contribution in [0.4, 0.5) is 11.4 Å². The summed E-state index contributed by atoms with van der Waals surface area (Å²) in [5.41, 5.74) is 9.21. The van der Waals surface area contributed by atoms with E-state index < -0.39 is 9.76 Å². The molecule has 0 spiro atoms. The number of pyridine rings is 1. The van der Waals surface area contributed by atoms with Crippen molar-refractivity contribution in [2.24, 2.45) is 7.05 Å². The van der Waals surface area contributed by atoms with Crippen LogP contribution in [0.1, 0.15) is 13.8 Å². The van der Waals surface area contributed by atoms with Gasteiger partial charge < -0.3 is 24.7 Å². The predicted octanol–water partition coefficient (Wildman–Crippen LogP) is 1.35. The summed E-state index contributed by atoms with van der Waals surface area (Å²) < 4.78 is 7.20. The van der Waals surface area contributed by atoms with E-state index in [1.165, 1.54) is 0 Å². The summed E-state index contributed by atoms with van der Waals surface area (Å²) in [5, 5.41) is 0. The molecule has 0 unspecified atom stereocenters. The fourth-order valence-electron chi connectivity index (χ4n) is 2.75. The Bertz CT molecular complexity index is 773. The first-order chi connectivity index (χ1) is 12.0.